The zero-order chi connectivity index (χ0) is 13.3. The third-order valence-corrected chi connectivity index (χ3v) is 3.10. The fourth-order valence-corrected chi connectivity index (χ4v) is 2.11. The van der Waals surface area contributed by atoms with Gasteiger partial charge in [0.05, 0.1) is 6.54 Å². The molecule has 1 aliphatic rings. The Kier molecular flexibility index (Phi) is 3.32. The highest BCUT2D eigenvalue weighted by Gasteiger charge is 2.31. The number of aromatic nitrogens is 1. The molecule has 1 fully saturated rings. The number of ketones is 1. The van der Waals surface area contributed by atoms with E-state index in [-0.39, 0.29) is 30.1 Å². The lowest BCUT2D eigenvalue weighted by molar-refractivity contribution is -0.149. The minimum atomic E-state index is -0.247. The first kappa shape index (κ1) is 12.5. The molecule has 0 unspecified atom stereocenters. The van der Waals surface area contributed by atoms with Crippen molar-refractivity contribution >= 4 is 17.6 Å². The van der Waals surface area contributed by atoms with E-state index in [9.17, 15) is 14.4 Å². The predicted molar refractivity (Wildman–Crippen MR) is 64.9 cm³/mol. The average Bonchev–Trinajstić information content (AvgIpc) is 2.70. The first-order chi connectivity index (χ1) is 8.47. The lowest BCUT2D eigenvalue weighted by atomic mass is 9.97. The third-order valence-electron chi connectivity index (χ3n) is 3.10. The Bertz CT molecular complexity index is 486. The van der Waals surface area contributed by atoms with E-state index in [1.807, 2.05) is 14.0 Å². The van der Waals surface area contributed by atoms with Crippen molar-refractivity contribution in [2.75, 3.05) is 6.54 Å². The minimum absolute atomic E-state index is 0.0769. The van der Waals surface area contributed by atoms with Crippen LogP contribution in [0.1, 0.15) is 30.1 Å². The van der Waals surface area contributed by atoms with Crippen LogP contribution in [0.2, 0.25) is 0 Å². The van der Waals surface area contributed by atoms with Crippen molar-refractivity contribution in [1.82, 2.24) is 9.47 Å². The van der Waals surface area contributed by atoms with Crippen molar-refractivity contribution in [3.63, 3.8) is 0 Å². The van der Waals surface area contributed by atoms with E-state index in [0.717, 1.165) is 4.90 Å². The second kappa shape index (κ2) is 4.76. The largest absolute Gasteiger partial charge is 0.357 e. The van der Waals surface area contributed by atoms with E-state index >= 15 is 0 Å². The van der Waals surface area contributed by atoms with Gasteiger partial charge in [0.2, 0.25) is 11.8 Å². The van der Waals surface area contributed by atoms with Crippen LogP contribution in [0.25, 0.3) is 0 Å². The van der Waals surface area contributed by atoms with Crippen LogP contribution in [0.4, 0.5) is 0 Å². The van der Waals surface area contributed by atoms with Gasteiger partial charge in [0, 0.05) is 37.8 Å². The molecule has 0 aliphatic carbocycles. The Hall–Kier alpha value is -1.91. The molecule has 96 valence electrons. The minimum Gasteiger partial charge on any atom is -0.357 e. The number of amides is 2. The van der Waals surface area contributed by atoms with Gasteiger partial charge in [-0.1, -0.05) is 6.92 Å². The number of carbonyl (C=O) groups is 3. The number of carbonyl (C=O) groups excluding carboxylic acids is 3. The zero-order valence-corrected chi connectivity index (χ0v) is 10.5. The maximum atomic E-state index is 11.9. The molecule has 2 amide bonds. The topological polar surface area (TPSA) is 59.4 Å². The molecule has 1 aliphatic heterocycles. The number of hydrogen-bond donors (Lipinski definition) is 0. The molecule has 0 spiro atoms. The molecule has 1 aromatic heterocycles. The number of aryl methyl sites for hydroxylation is 1. The van der Waals surface area contributed by atoms with Crippen molar-refractivity contribution in [2.45, 2.75) is 19.8 Å². The van der Waals surface area contributed by atoms with Crippen LogP contribution in [0.15, 0.2) is 18.5 Å². The molecule has 0 bridgehead atoms. The standard InChI is InChI=1S/C13H16N2O3/c1-9-5-12(17)15(13(18)6-9)8-11(16)10-3-4-14(2)7-10/h3-4,7,9H,5-6,8H2,1-2H3. The summed E-state index contributed by atoms with van der Waals surface area (Å²) in [4.78, 5) is 36.5. The number of likely N-dealkylation sites (tertiary alicyclic amines) is 1. The van der Waals surface area contributed by atoms with Gasteiger partial charge in [-0.25, -0.2) is 0 Å². The summed E-state index contributed by atoms with van der Waals surface area (Å²) < 4.78 is 1.76. The first-order valence-electron chi connectivity index (χ1n) is 5.95. The quantitative estimate of drug-likeness (QED) is 0.592. The maximum Gasteiger partial charge on any atom is 0.229 e. The fourth-order valence-electron chi connectivity index (χ4n) is 2.11. The normalized spacial score (nSPS) is 17.3. The molecule has 18 heavy (non-hydrogen) atoms. The molecule has 0 saturated carbocycles. The highest BCUT2D eigenvalue weighted by Crippen LogP contribution is 2.19. The molecule has 5 heteroatoms. The summed E-state index contributed by atoms with van der Waals surface area (Å²) in [7, 11) is 1.82. The molecule has 2 heterocycles. The SMILES string of the molecule is CC1CC(=O)N(CC(=O)c2ccn(C)c2)C(=O)C1. The number of nitrogens with zero attached hydrogens (tertiary/aromatic N) is 2. The van der Waals surface area contributed by atoms with Crippen molar-refractivity contribution in [1.29, 1.82) is 0 Å². The van der Waals surface area contributed by atoms with Crippen molar-refractivity contribution in [3.05, 3.63) is 24.0 Å². The van der Waals surface area contributed by atoms with Crippen LogP contribution < -0.4 is 0 Å². The summed E-state index contributed by atoms with van der Waals surface area (Å²) >= 11 is 0. The molecule has 1 saturated heterocycles. The van der Waals surface area contributed by atoms with Gasteiger partial charge >= 0.3 is 0 Å². The summed E-state index contributed by atoms with van der Waals surface area (Å²) in [6, 6.07) is 1.68. The molecule has 0 atom stereocenters. The highest BCUT2D eigenvalue weighted by atomic mass is 16.2. The van der Waals surface area contributed by atoms with Crippen LogP contribution in [0, 0.1) is 5.92 Å². The van der Waals surface area contributed by atoms with E-state index in [1.54, 1.807) is 23.0 Å². The van der Waals surface area contributed by atoms with Crippen LogP contribution in [0.5, 0.6) is 0 Å². The molecule has 2 rings (SSSR count). The van der Waals surface area contributed by atoms with E-state index in [0.29, 0.717) is 18.4 Å². The van der Waals surface area contributed by atoms with Gasteiger partial charge in [0.15, 0.2) is 5.78 Å². The summed E-state index contributed by atoms with van der Waals surface area (Å²) in [5.74, 6) is -0.619. The Morgan fingerprint density at radius 2 is 1.94 bits per heavy atom. The van der Waals surface area contributed by atoms with Gasteiger partial charge in [-0.3, -0.25) is 19.3 Å². The van der Waals surface area contributed by atoms with E-state index in [4.69, 9.17) is 0 Å². The number of Topliss-reactive ketones (excluding diaryl/α,β-unsaturated/α-hetero) is 1. The lowest BCUT2D eigenvalue weighted by Gasteiger charge is -2.27. The summed E-state index contributed by atoms with van der Waals surface area (Å²) in [5.41, 5.74) is 0.525. The molecule has 0 aromatic carbocycles. The summed E-state index contributed by atoms with van der Waals surface area (Å²) in [6.07, 6.45) is 4.13. The van der Waals surface area contributed by atoms with Crippen LogP contribution in [0.3, 0.4) is 0 Å². The molecular formula is C13H16N2O3. The highest BCUT2D eigenvalue weighted by molar-refractivity contribution is 6.05. The van der Waals surface area contributed by atoms with Crippen LogP contribution in [-0.4, -0.2) is 33.6 Å². The van der Waals surface area contributed by atoms with Gasteiger partial charge in [-0.05, 0) is 12.0 Å². The second-order valence-corrected chi connectivity index (χ2v) is 4.88. The molecule has 5 nitrogen and oxygen atoms in total. The Labute approximate surface area is 105 Å². The Morgan fingerprint density at radius 3 is 2.44 bits per heavy atom. The van der Waals surface area contributed by atoms with E-state index in [1.165, 1.54) is 0 Å². The monoisotopic (exact) mass is 248 g/mol. The number of rotatable bonds is 3. The second-order valence-electron chi connectivity index (χ2n) is 4.88. The van der Waals surface area contributed by atoms with Gasteiger partial charge in [0.1, 0.15) is 0 Å². The molecule has 0 N–H and O–H groups in total. The fraction of sp³-hybridized carbons (Fsp3) is 0.462. The molecular weight excluding hydrogens is 232 g/mol. The van der Waals surface area contributed by atoms with Crippen LogP contribution >= 0.6 is 0 Å². The number of hydrogen-bond acceptors (Lipinski definition) is 3. The third kappa shape index (κ3) is 2.50. The van der Waals surface area contributed by atoms with E-state index in [2.05, 4.69) is 0 Å². The Morgan fingerprint density at radius 1 is 1.33 bits per heavy atom. The smallest absolute Gasteiger partial charge is 0.229 e. The zero-order valence-electron chi connectivity index (χ0n) is 10.5. The number of imide groups is 1. The van der Waals surface area contributed by atoms with Gasteiger partial charge in [-0.15, -0.1) is 0 Å². The van der Waals surface area contributed by atoms with Crippen molar-refractivity contribution in [2.24, 2.45) is 13.0 Å². The summed E-state index contributed by atoms with van der Waals surface area (Å²) in [6.45, 7) is 1.72. The van der Waals surface area contributed by atoms with Gasteiger partial charge in [0.25, 0.3) is 0 Å². The lowest BCUT2D eigenvalue weighted by Crippen LogP contribution is -2.45. The van der Waals surface area contributed by atoms with Gasteiger partial charge in [-0.2, -0.15) is 0 Å². The molecule has 0 radical (unpaired) electrons. The average molecular weight is 248 g/mol. The maximum absolute atomic E-state index is 11.9. The summed E-state index contributed by atoms with van der Waals surface area (Å²) in [5, 5.41) is 0. The van der Waals surface area contributed by atoms with Crippen molar-refractivity contribution < 1.29 is 14.4 Å². The predicted octanol–water partition coefficient (Wildman–Crippen LogP) is 0.993. The number of piperidine rings is 1. The first-order valence-corrected chi connectivity index (χ1v) is 5.95. The van der Waals surface area contributed by atoms with E-state index < -0.39 is 0 Å². The molecule has 1 aromatic rings. The van der Waals surface area contributed by atoms with Crippen LogP contribution in [-0.2, 0) is 16.6 Å². The Balaban J connectivity index is 2.07. The van der Waals surface area contributed by atoms with Crippen molar-refractivity contribution in [3.8, 4) is 0 Å². The van der Waals surface area contributed by atoms with Gasteiger partial charge < -0.3 is 4.57 Å².